The van der Waals surface area contributed by atoms with Crippen LogP contribution in [0.2, 0.25) is 0 Å². The van der Waals surface area contributed by atoms with E-state index in [1.807, 2.05) is 32.4 Å². The van der Waals surface area contributed by atoms with Gasteiger partial charge in [0.05, 0.1) is 35.7 Å². The van der Waals surface area contributed by atoms with Gasteiger partial charge in [0.15, 0.2) is 11.6 Å². The van der Waals surface area contributed by atoms with E-state index in [0.717, 1.165) is 40.8 Å². The normalized spacial score (nSPS) is 17.0. The van der Waals surface area contributed by atoms with Gasteiger partial charge in [-0.25, -0.2) is 0 Å². The summed E-state index contributed by atoms with van der Waals surface area (Å²) in [5.74, 6) is 1.79. The molecule has 0 radical (unpaired) electrons. The summed E-state index contributed by atoms with van der Waals surface area (Å²) in [5, 5.41) is 25.7. The van der Waals surface area contributed by atoms with Crippen molar-refractivity contribution >= 4 is 11.3 Å². The van der Waals surface area contributed by atoms with E-state index in [9.17, 15) is 0 Å². The highest BCUT2D eigenvalue weighted by molar-refractivity contribution is 5.68. The molecule has 5 heterocycles. The average Bonchev–Trinajstić information content (AvgIpc) is 3.32. The van der Waals surface area contributed by atoms with E-state index in [1.165, 1.54) is 0 Å². The van der Waals surface area contributed by atoms with Gasteiger partial charge in [-0.2, -0.15) is 14.7 Å². The molecule has 0 aliphatic carbocycles. The number of fused-ring (bicyclic) bond motifs is 2. The van der Waals surface area contributed by atoms with Crippen LogP contribution in [-0.4, -0.2) is 50.9 Å². The number of aromatic nitrogens is 9. The van der Waals surface area contributed by atoms with Crippen molar-refractivity contribution in [1.29, 1.82) is 0 Å². The molecule has 0 unspecified atom stereocenters. The lowest BCUT2D eigenvalue weighted by Gasteiger charge is -2.34. The summed E-state index contributed by atoms with van der Waals surface area (Å²) in [7, 11) is 1.90. The topological polar surface area (TPSA) is 94.8 Å². The van der Waals surface area contributed by atoms with Gasteiger partial charge >= 0.3 is 0 Å². The molecule has 1 aliphatic rings. The maximum atomic E-state index is 4.43. The van der Waals surface area contributed by atoms with Crippen molar-refractivity contribution in [2.24, 2.45) is 7.05 Å². The third-order valence-electron chi connectivity index (χ3n) is 4.70. The van der Waals surface area contributed by atoms with Crippen molar-refractivity contribution in [2.75, 3.05) is 11.4 Å². The zero-order chi connectivity index (χ0) is 17.8. The van der Waals surface area contributed by atoms with Crippen LogP contribution >= 0.6 is 0 Å². The first-order valence-electron chi connectivity index (χ1n) is 8.45. The quantitative estimate of drug-likeness (QED) is 0.532. The number of aryl methyl sites for hydroxylation is 2. The van der Waals surface area contributed by atoms with Gasteiger partial charge < -0.3 is 9.47 Å². The second kappa shape index (κ2) is 5.35. The summed E-state index contributed by atoms with van der Waals surface area (Å²) >= 11 is 0. The number of anilines is 1. The largest absolute Gasteiger partial charge is 0.359 e. The Kier molecular flexibility index (Phi) is 3.08. The highest BCUT2D eigenvalue weighted by atomic mass is 15.4. The summed E-state index contributed by atoms with van der Waals surface area (Å²) in [6.45, 7) is 5.63. The Hall–Kier alpha value is -3.30. The van der Waals surface area contributed by atoms with E-state index < -0.39 is 0 Å². The zero-order valence-electron chi connectivity index (χ0n) is 14.8. The lowest BCUT2D eigenvalue weighted by molar-refractivity contribution is 0.467. The van der Waals surface area contributed by atoms with Crippen molar-refractivity contribution in [3.63, 3.8) is 0 Å². The molecule has 0 bridgehead atoms. The Morgan fingerprint density at radius 1 is 1.19 bits per heavy atom. The molecule has 4 aromatic rings. The van der Waals surface area contributed by atoms with Crippen LogP contribution in [0.15, 0.2) is 24.8 Å². The first kappa shape index (κ1) is 15.0. The first-order chi connectivity index (χ1) is 12.6. The van der Waals surface area contributed by atoms with Gasteiger partial charge in [0.1, 0.15) is 6.33 Å². The van der Waals surface area contributed by atoms with Gasteiger partial charge in [-0.05, 0) is 19.9 Å². The summed E-state index contributed by atoms with van der Waals surface area (Å²) in [5.41, 5.74) is 3.66. The minimum absolute atomic E-state index is 0.209. The molecular formula is C16H18N10. The molecule has 1 aliphatic heterocycles. The zero-order valence-corrected chi connectivity index (χ0v) is 14.8. The second-order valence-corrected chi connectivity index (χ2v) is 6.71. The van der Waals surface area contributed by atoms with Gasteiger partial charge in [0.2, 0.25) is 5.65 Å². The van der Waals surface area contributed by atoms with Crippen molar-refractivity contribution in [3.8, 4) is 11.4 Å². The van der Waals surface area contributed by atoms with Gasteiger partial charge in [-0.3, -0.25) is 4.68 Å². The molecular weight excluding hydrogens is 332 g/mol. The van der Waals surface area contributed by atoms with Crippen LogP contribution in [-0.2, 0) is 13.6 Å². The smallest absolute Gasteiger partial charge is 0.200 e. The van der Waals surface area contributed by atoms with Gasteiger partial charge in [-0.15, -0.1) is 20.4 Å². The van der Waals surface area contributed by atoms with Crippen LogP contribution in [0.1, 0.15) is 24.5 Å². The predicted molar refractivity (Wildman–Crippen MR) is 93.5 cm³/mol. The molecule has 10 nitrogen and oxygen atoms in total. The minimum atomic E-state index is 0.209. The highest BCUT2D eigenvalue weighted by Gasteiger charge is 2.29. The summed E-state index contributed by atoms with van der Waals surface area (Å²) in [6.07, 6.45) is 5.41. The summed E-state index contributed by atoms with van der Waals surface area (Å²) in [6, 6.07) is 2.26. The maximum Gasteiger partial charge on any atom is 0.200 e. The first-order valence-corrected chi connectivity index (χ1v) is 8.45. The van der Waals surface area contributed by atoms with E-state index in [4.69, 9.17) is 0 Å². The molecule has 0 saturated carbocycles. The van der Waals surface area contributed by atoms with E-state index in [-0.39, 0.29) is 6.04 Å². The SMILES string of the molecule is Cc1cc(N2Cc3nnc(-c4cnn(C)c4)n3[C@@H](C)C2)c2nncn2n1. The second-order valence-electron chi connectivity index (χ2n) is 6.71. The molecule has 0 amide bonds. The minimum Gasteiger partial charge on any atom is -0.359 e. The third-order valence-corrected chi connectivity index (χ3v) is 4.70. The summed E-state index contributed by atoms with van der Waals surface area (Å²) < 4.78 is 5.69. The highest BCUT2D eigenvalue weighted by Crippen LogP contribution is 2.31. The Labute approximate surface area is 149 Å². The van der Waals surface area contributed by atoms with E-state index in [2.05, 4.69) is 47.0 Å². The van der Waals surface area contributed by atoms with Crippen LogP contribution < -0.4 is 4.90 Å². The molecule has 5 rings (SSSR count). The third kappa shape index (κ3) is 2.18. The van der Waals surface area contributed by atoms with Crippen LogP contribution in [0, 0.1) is 6.92 Å². The number of rotatable bonds is 2. The molecule has 132 valence electrons. The Bertz CT molecular complexity index is 1100. The Balaban J connectivity index is 1.57. The van der Waals surface area contributed by atoms with Crippen molar-refractivity contribution < 1.29 is 0 Å². The molecule has 0 saturated heterocycles. The molecule has 0 aromatic carbocycles. The van der Waals surface area contributed by atoms with Crippen molar-refractivity contribution in [3.05, 3.63) is 36.3 Å². The van der Waals surface area contributed by atoms with Crippen molar-refractivity contribution in [1.82, 2.24) is 44.4 Å². The standard InChI is InChI=1S/C16H18N10/c1-10-4-13(16-20-17-9-25(16)22-10)24-6-11(2)26-14(8-24)19-21-15(26)12-5-18-23(3)7-12/h4-5,7,9,11H,6,8H2,1-3H3/t11-/m0/s1. The number of nitrogens with zero attached hydrogens (tertiary/aromatic N) is 10. The maximum absolute atomic E-state index is 4.43. The molecule has 1 atom stereocenters. The predicted octanol–water partition coefficient (Wildman–Crippen LogP) is 1.01. The van der Waals surface area contributed by atoms with Gasteiger partial charge in [-0.1, -0.05) is 0 Å². The van der Waals surface area contributed by atoms with Gasteiger partial charge in [0, 0.05) is 19.8 Å². The average molecular weight is 350 g/mol. The van der Waals surface area contributed by atoms with Gasteiger partial charge in [0.25, 0.3) is 0 Å². The Morgan fingerprint density at radius 3 is 2.88 bits per heavy atom. The van der Waals surface area contributed by atoms with E-state index >= 15 is 0 Å². The molecule has 10 heteroatoms. The fourth-order valence-corrected chi connectivity index (χ4v) is 3.61. The van der Waals surface area contributed by atoms with E-state index in [0.29, 0.717) is 6.54 Å². The lowest BCUT2D eigenvalue weighted by Crippen LogP contribution is -2.37. The van der Waals surface area contributed by atoms with Crippen LogP contribution in [0.5, 0.6) is 0 Å². The van der Waals surface area contributed by atoms with Crippen LogP contribution in [0.4, 0.5) is 5.69 Å². The monoisotopic (exact) mass is 350 g/mol. The molecule has 26 heavy (non-hydrogen) atoms. The molecule has 0 fully saturated rings. The van der Waals surface area contributed by atoms with Crippen molar-refractivity contribution in [2.45, 2.75) is 26.4 Å². The fourth-order valence-electron chi connectivity index (χ4n) is 3.61. The Morgan fingerprint density at radius 2 is 2.08 bits per heavy atom. The molecule has 0 N–H and O–H groups in total. The fraction of sp³-hybridized carbons (Fsp3) is 0.375. The lowest BCUT2D eigenvalue weighted by atomic mass is 10.2. The van der Waals surface area contributed by atoms with Crippen LogP contribution in [0.25, 0.3) is 17.0 Å². The molecule has 0 spiro atoms. The molecule has 4 aromatic heterocycles. The van der Waals surface area contributed by atoms with E-state index in [1.54, 1.807) is 15.5 Å². The van der Waals surface area contributed by atoms with Crippen LogP contribution in [0.3, 0.4) is 0 Å². The summed E-state index contributed by atoms with van der Waals surface area (Å²) in [4.78, 5) is 2.26. The number of hydrogen-bond acceptors (Lipinski definition) is 7. The number of hydrogen-bond donors (Lipinski definition) is 0.